The fourth-order valence-corrected chi connectivity index (χ4v) is 2.70. The highest BCUT2D eigenvalue weighted by molar-refractivity contribution is 7.18. The lowest BCUT2D eigenvalue weighted by Crippen LogP contribution is -2.22. The van der Waals surface area contributed by atoms with Crippen molar-refractivity contribution in [3.05, 3.63) is 29.3 Å². The van der Waals surface area contributed by atoms with Crippen molar-refractivity contribution in [3.63, 3.8) is 0 Å². The van der Waals surface area contributed by atoms with E-state index in [4.69, 9.17) is 0 Å². The van der Waals surface area contributed by atoms with Gasteiger partial charge in [-0.1, -0.05) is 31.9 Å². The van der Waals surface area contributed by atoms with E-state index in [1.54, 1.807) is 11.3 Å². The first-order valence-electron chi connectivity index (χ1n) is 6.40. The van der Waals surface area contributed by atoms with Gasteiger partial charge in [0, 0.05) is 6.42 Å². The van der Waals surface area contributed by atoms with Crippen molar-refractivity contribution in [2.45, 2.75) is 39.2 Å². The predicted molar refractivity (Wildman–Crippen MR) is 75.6 cm³/mol. The monoisotopic (exact) mass is 262 g/mol. The van der Waals surface area contributed by atoms with E-state index in [0.717, 1.165) is 29.8 Å². The number of para-hydroxylation sites is 1. The van der Waals surface area contributed by atoms with Gasteiger partial charge in [-0.15, -0.1) is 11.3 Å². The number of fused-ring (bicyclic) bond motifs is 1. The maximum atomic E-state index is 11.6. The van der Waals surface area contributed by atoms with Gasteiger partial charge < -0.3 is 5.32 Å². The van der Waals surface area contributed by atoms with Crippen LogP contribution >= 0.6 is 11.3 Å². The van der Waals surface area contributed by atoms with Gasteiger partial charge in [0.15, 0.2) is 0 Å². The largest absolute Gasteiger partial charge is 0.350 e. The zero-order chi connectivity index (χ0) is 12.8. The number of hydrogen-bond donors (Lipinski definition) is 1. The number of aromatic nitrogens is 1. The molecule has 0 saturated heterocycles. The topological polar surface area (TPSA) is 42.0 Å². The Hall–Kier alpha value is -1.42. The normalized spacial score (nSPS) is 10.7. The molecule has 4 heteroatoms. The fraction of sp³-hybridized carbons (Fsp3) is 0.429. The van der Waals surface area contributed by atoms with Crippen LogP contribution in [0.3, 0.4) is 0 Å². The molecule has 96 valence electrons. The third-order valence-corrected chi connectivity index (χ3v) is 3.82. The zero-order valence-corrected chi connectivity index (χ0v) is 11.4. The van der Waals surface area contributed by atoms with Crippen LogP contribution in [-0.2, 0) is 11.3 Å². The first-order valence-corrected chi connectivity index (χ1v) is 7.22. The first-order chi connectivity index (χ1) is 8.79. The minimum Gasteiger partial charge on any atom is -0.350 e. The van der Waals surface area contributed by atoms with Crippen LogP contribution in [0.15, 0.2) is 24.3 Å². The maximum absolute atomic E-state index is 11.6. The molecule has 0 atom stereocenters. The molecule has 0 fully saturated rings. The van der Waals surface area contributed by atoms with Crippen LogP contribution in [0, 0.1) is 0 Å². The lowest BCUT2D eigenvalue weighted by molar-refractivity contribution is -0.121. The van der Waals surface area contributed by atoms with Crippen LogP contribution in [0.5, 0.6) is 0 Å². The van der Waals surface area contributed by atoms with E-state index < -0.39 is 0 Å². The van der Waals surface area contributed by atoms with Crippen molar-refractivity contribution in [1.29, 1.82) is 0 Å². The van der Waals surface area contributed by atoms with Gasteiger partial charge in [0.25, 0.3) is 0 Å². The minimum absolute atomic E-state index is 0.128. The summed E-state index contributed by atoms with van der Waals surface area (Å²) in [6.45, 7) is 2.68. The number of carbonyl (C=O) groups is 1. The van der Waals surface area contributed by atoms with E-state index >= 15 is 0 Å². The first kappa shape index (κ1) is 13.0. The molecule has 1 aromatic heterocycles. The molecule has 0 aliphatic rings. The van der Waals surface area contributed by atoms with E-state index in [1.165, 1.54) is 4.70 Å². The van der Waals surface area contributed by atoms with Crippen LogP contribution < -0.4 is 5.32 Å². The Morgan fingerprint density at radius 3 is 2.94 bits per heavy atom. The molecule has 0 saturated carbocycles. The van der Waals surface area contributed by atoms with Crippen molar-refractivity contribution in [3.8, 4) is 0 Å². The van der Waals surface area contributed by atoms with Crippen LogP contribution in [0.2, 0.25) is 0 Å². The molecule has 0 unspecified atom stereocenters. The van der Waals surface area contributed by atoms with Gasteiger partial charge in [0.05, 0.1) is 16.8 Å². The van der Waals surface area contributed by atoms with Crippen molar-refractivity contribution < 1.29 is 4.79 Å². The van der Waals surface area contributed by atoms with Gasteiger partial charge in [-0.3, -0.25) is 4.79 Å². The summed E-state index contributed by atoms with van der Waals surface area (Å²) in [5.41, 5.74) is 1.01. The number of nitrogens with zero attached hydrogens (tertiary/aromatic N) is 1. The molecule has 2 aromatic rings. The Balaban J connectivity index is 1.84. The second kappa shape index (κ2) is 6.50. The van der Waals surface area contributed by atoms with Gasteiger partial charge in [0.1, 0.15) is 5.01 Å². The van der Waals surface area contributed by atoms with Crippen molar-refractivity contribution in [2.75, 3.05) is 0 Å². The standard InChI is InChI=1S/C14H18N2OS/c1-2-3-4-9-13(17)15-10-14-16-11-7-5-6-8-12(11)18-14/h5-8H,2-4,9-10H2,1H3,(H,15,17). The van der Waals surface area contributed by atoms with Gasteiger partial charge in [0.2, 0.25) is 5.91 Å². The van der Waals surface area contributed by atoms with E-state index in [9.17, 15) is 4.79 Å². The Labute approximate surface area is 111 Å². The average Bonchev–Trinajstić information content (AvgIpc) is 2.79. The minimum atomic E-state index is 0.128. The SMILES string of the molecule is CCCCCC(=O)NCc1nc2ccccc2s1. The number of benzene rings is 1. The Kier molecular flexibility index (Phi) is 4.70. The van der Waals surface area contributed by atoms with Crippen LogP contribution in [0.4, 0.5) is 0 Å². The molecule has 1 aromatic carbocycles. The molecular weight excluding hydrogens is 244 g/mol. The molecule has 1 heterocycles. The van der Waals surface area contributed by atoms with Crippen molar-refractivity contribution in [1.82, 2.24) is 10.3 Å². The molecule has 1 N–H and O–H groups in total. The average molecular weight is 262 g/mol. The molecule has 18 heavy (non-hydrogen) atoms. The molecule has 0 bridgehead atoms. The number of nitrogens with one attached hydrogen (secondary N) is 1. The lowest BCUT2D eigenvalue weighted by Gasteiger charge is -2.01. The van der Waals surface area contributed by atoms with E-state index in [-0.39, 0.29) is 5.91 Å². The summed E-state index contributed by atoms with van der Waals surface area (Å²) in [4.78, 5) is 16.1. The van der Waals surface area contributed by atoms with Gasteiger partial charge in [-0.25, -0.2) is 4.98 Å². The van der Waals surface area contributed by atoms with Gasteiger partial charge in [-0.2, -0.15) is 0 Å². The van der Waals surface area contributed by atoms with Crippen LogP contribution in [-0.4, -0.2) is 10.9 Å². The summed E-state index contributed by atoms with van der Waals surface area (Å²) in [6.07, 6.45) is 3.86. The van der Waals surface area contributed by atoms with Gasteiger partial charge in [-0.05, 0) is 18.6 Å². The Bertz CT molecular complexity index is 488. The number of amides is 1. The van der Waals surface area contributed by atoms with Crippen molar-refractivity contribution in [2.24, 2.45) is 0 Å². The fourth-order valence-electron chi connectivity index (χ4n) is 1.79. The molecule has 3 nitrogen and oxygen atoms in total. The highest BCUT2D eigenvalue weighted by Crippen LogP contribution is 2.21. The molecule has 1 amide bonds. The molecule has 0 radical (unpaired) electrons. The number of carbonyl (C=O) groups excluding carboxylic acids is 1. The smallest absolute Gasteiger partial charge is 0.220 e. The molecular formula is C14H18N2OS. The Morgan fingerprint density at radius 2 is 2.17 bits per heavy atom. The van der Waals surface area contributed by atoms with Crippen LogP contribution in [0.1, 0.15) is 37.6 Å². The summed E-state index contributed by atoms with van der Waals surface area (Å²) in [6, 6.07) is 8.04. The number of thiazole rings is 1. The van der Waals surface area contributed by atoms with Gasteiger partial charge >= 0.3 is 0 Å². The van der Waals surface area contributed by atoms with E-state index in [1.807, 2.05) is 18.2 Å². The molecule has 0 aliphatic carbocycles. The Morgan fingerprint density at radius 1 is 1.33 bits per heavy atom. The number of rotatable bonds is 6. The second-order valence-electron chi connectivity index (χ2n) is 4.31. The summed E-state index contributed by atoms with van der Waals surface area (Å²) < 4.78 is 1.17. The quantitative estimate of drug-likeness (QED) is 0.810. The third-order valence-electron chi connectivity index (χ3n) is 2.78. The highest BCUT2D eigenvalue weighted by atomic mass is 32.1. The highest BCUT2D eigenvalue weighted by Gasteiger charge is 2.05. The van der Waals surface area contributed by atoms with E-state index in [0.29, 0.717) is 13.0 Å². The summed E-state index contributed by atoms with van der Waals surface area (Å²) in [5, 5.41) is 3.90. The van der Waals surface area contributed by atoms with E-state index in [2.05, 4.69) is 23.3 Å². The lowest BCUT2D eigenvalue weighted by atomic mass is 10.2. The molecule has 0 spiro atoms. The van der Waals surface area contributed by atoms with Crippen LogP contribution in [0.25, 0.3) is 10.2 Å². The summed E-state index contributed by atoms with van der Waals surface area (Å²) in [5.74, 6) is 0.128. The van der Waals surface area contributed by atoms with Crippen molar-refractivity contribution >= 4 is 27.5 Å². The third kappa shape index (κ3) is 3.53. The molecule has 2 rings (SSSR count). The summed E-state index contributed by atoms with van der Waals surface area (Å²) in [7, 11) is 0. The molecule has 0 aliphatic heterocycles. The zero-order valence-electron chi connectivity index (χ0n) is 10.6. The number of unbranched alkanes of at least 4 members (excludes halogenated alkanes) is 2. The maximum Gasteiger partial charge on any atom is 0.220 e. The number of hydrogen-bond acceptors (Lipinski definition) is 3. The predicted octanol–water partition coefficient (Wildman–Crippen LogP) is 3.49. The summed E-state index contributed by atoms with van der Waals surface area (Å²) >= 11 is 1.64. The second-order valence-corrected chi connectivity index (χ2v) is 5.42.